The van der Waals surface area contributed by atoms with Gasteiger partial charge in [0, 0.05) is 25.2 Å². The van der Waals surface area contributed by atoms with E-state index in [-0.39, 0.29) is 18.8 Å². The zero-order chi connectivity index (χ0) is 49.4. The molecule has 18 nitrogen and oxygen atoms in total. The van der Waals surface area contributed by atoms with E-state index in [1.807, 2.05) is 32.9 Å². The van der Waals surface area contributed by atoms with Gasteiger partial charge >= 0.3 is 38.4 Å². The third kappa shape index (κ3) is 17.3. The predicted octanol–water partition coefficient (Wildman–Crippen LogP) is 6.49. The fourth-order valence-corrected chi connectivity index (χ4v) is 6.76. The number of carboxylic acids is 1. The van der Waals surface area contributed by atoms with Crippen LogP contribution in [0.15, 0.2) is 84.9 Å². The summed E-state index contributed by atoms with van der Waals surface area (Å²) in [5, 5.41) is 34.7. The number of alkyl carbamates (subject to hydrolysis) is 2. The lowest BCUT2D eigenvalue weighted by atomic mass is 9.79. The molecule has 364 valence electrons. The molecular weight excluding hydrogens is 882 g/mol. The van der Waals surface area contributed by atoms with E-state index in [4.69, 9.17) is 47.6 Å². The Labute approximate surface area is 396 Å². The molecule has 0 aliphatic carbocycles. The Morgan fingerprint density at radius 3 is 1.43 bits per heavy atom. The molecule has 2 aliphatic heterocycles. The highest BCUT2D eigenvalue weighted by Gasteiger charge is 2.38. The normalized spacial score (nSPS) is 14.9. The summed E-state index contributed by atoms with van der Waals surface area (Å²) in [6.45, 7) is 14.5. The standard InChI is InChI=1S/C25H32BNO8.C23H28BNO8/c1-5-31-23(28)16-22-20-11-10-19(15-21(20)26(30)35-22)33-18-9-6-8-17(14-18)32-13-7-12-27-24(29)34-25(2,3)4;1-23(2,3)32-22(28)25-10-5-11-30-15-6-4-7-16(12-15)31-17-8-9-18-19(13-17)24(29)33-20(18)14-21(26)27/h6,8-11,14-15,22,30H,5,7,12-13,16H2,1-4H3,(H,27,29);4,6-9,12-13,20,29H,5,10-11,14H2,1-3H3,(H,25,28)(H,26,27)/t22-;20-/m11/s1. The number of carbonyl (C=O) groups is 4. The molecular formula is C48H60B2N2O16. The molecule has 0 saturated heterocycles. The van der Waals surface area contributed by atoms with E-state index in [1.165, 1.54) is 0 Å². The molecule has 0 spiro atoms. The largest absolute Gasteiger partial charge is 0.493 e. The Bertz CT molecular complexity index is 2340. The molecule has 68 heavy (non-hydrogen) atoms. The topological polar surface area (TPSA) is 236 Å². The molecule has 4 aromatic rings. The van der Waals surface area contributed by atoms with Gasteiger partial charge in [-0.05, 0) is 132 Å². The van der Waals surface area contributed by atoms with Crippen LogP contribution in [0.5, 0.6) is 34.5 Å². The van der Waals surface area contributed by atoms with E-state index < -0.39 is 55.8 Å². The first-order chi connectivity index (χ1) is 32.2. The van der Waals surface area contributed by atoms with E-state index in [0.717, 1.165) is 5.56 Å². The predicted molar refractivity (Wildman–Crippen MR) is 251 cm³/mol. The number of carboxylic acid groups (broad SMARTS) is 1. The maximum absolute atomic E-state index is 11.8. The zero-order valence-corrected chi connectivity index (χ0v) is 39.4. The van der Waals surface area contributed by atoms with Gasteiger partial charge in [-0.25, -0.2) is 9.59 Å². The molecule has 0 bridgehead atoms. The second-order valence-corrected chi connectivity index (χ2v) is 17.6. The third-order valence-corrected chi connectivity index (χ3v) is 9.54. The minimum Gasteiger partial charge on any atom is -0.493 e. The molecule has 2 heterocycles. The van der Waals surface area contributed by atoms with Crippen LogP contribution in [0.1, 0.15) is 97.5 Å². The average molecular weight is 943 g/mol. The van der Waals surface area contributed by atoms with Crippen molar-refractivity contribution >= 4 is 49.3 Å². The van der Waals surface area contributed by atoms with Crippen molar-refractivity contribution < 1.29 is 76.8 Å². The molecule has 6 rings (SSSR count). The van der Waals surface area contributed by atoms with Crippen LogP contribution in [-0.4, -0.2) is 97.6 Å². The van der Waals surface area contributed by atoms with Crippen molar-refractivity contribution in [2.75, 3.05) is 32.9 Å². The smallest absolute Gasteiger partial charge is 0.492 e. The van der Waals surface area contributed by atoms with E-state index in [2.05, 4.69) is 10.6 Å². The van der Waals surface area contributed by atoms with Crippen molar-refractivity contribution in [2.24, 2.45) is 0 Å². The van der Waals surface area contributed by atoms with Gasteiger partial charge in [0.25, 0.3) is 0 Å². The summed E-state index contributed by atoms with van der Waals surface area (Å²) >= 11 is 0. The maximum Gasteiger partial charge on any atom is 0.492 e. The van der Waals surface area contributed by atoms with Gasteiger partial charge in [0.05, 0.1) is 44.9 Å². The molecule has 2 amide bonds. The number of aliphatic carboxylic acids is 1. The highest BCUT2D eigenvalue weighted by atomic mass is 16.6. The fraction of sp³-hybridized carbons (Fsp3) is 0.417. The Morgan fingerprint density at radius 2 is 1.01 bits per heavy atom. The summed E-state index contributed by atoms with van der Waals surface area (Å²) in [7, 11) is -2.34. The molecule has 0 unspecified atom stereocenters. The molecule has 20 heteroatoms. The van der Waals surface area contributed by atoms with E-state index >= 15 is 0 Å². The number of carbonyl (C=O) groups excluding carboxylic acids is 3. The summed E-state index contributed by atoms with van der Waals surface area (Å²) in [6, 6.07) is 24.5. The van der Waals surface area contributed by atoms with Crippen LogP contribution in [0.3, 0.4) is 0 Å². The Balaban J connectivity index is 0.000000255. The summed E-state index contributed by atoms with van der Waals surface area (Å²) in [5.41, 5.74) is 1.34. The van der Waals surface area contributed by atoms with Gasteiger partial charge in [0.1, 0.15) is 45.7 Å². The summed E-state index contributed by atoms with van der Waals surface area (Å²) in [4.78, 5) is 46.1. The number of amides is 2. The average Bonchev–Trinajstić information content (AvgIpc) is 3.72. The van der Waals surface area contributed by atoms with E-state index in [0.29, 0.717) is 96.7 Å². The van der Waals surface area contributed by atoms with Crippen molar-refractivity contribution in [2.45, 2.75) is 97.6 Å². The van der Waals surface area contributed by atoms with Crippen molar-refractivity contribution in [1.29, 1.82) is 0 Å². The highest BCUT2D eigenvalue weighted by Crippen LogP contribution is 2.33. The molecule has 5 N–H and O–H groups in total. The molecule has 0 aromatic heterocycles. The lowest BCUT2D eigenvalue weighted by Gasteiger charge is -2.19. The highest BCUT2D eigenvalue weighted by molar-refractivity contribution is 6.62. The number of esters is 1. The first kappa shape index (κ1) is 52.5. The quantitative estimate of drug-likeness (QED) is 0.0292. The lowest BCUT2D eigenvalue weighted by molar-refractivity contribution is -0.145. The lowest BCUT2D eigenvalue weighted by Crippen LogP contribution is -2.33. The van der Waals surface area contributed by atoms with Crippen LogP contribution in [0.25, 0.3) is 0 Å². The SMILES string of the molecule is CC(C)(C)OC(=O)NCCCOc1cccc(Oc2ccc3c(c2)B(O)O[C@@H]3CC(=O)O)c1.CCOC(=O)C[C@H]1OB(O)c2cc(Oc3cccc(OCCCNC(=O)OC(C)(C)C)c3)ccc21. The van der Waals surface area contributed by atoms with Crippen LogP contribution in [0.2, 0.25) is 0 Å². The fourth-order valence-electron chi connectivity index (χ4n) is 6.76. The number of hydrogen-bond acceptors (Lipinski definition) is 15. The first-order valence-electron chi connectivity index (χ1n) is 22.3. The molecule has 4 aromatic carbocycles. The molecule has 2 atom stereocenters. The number of benzene rings is 4. The van der Waals surface area contributed by atoms with Crippen molar-refractivity contribution in [3.63, 3.8) is 0 Å². The van der Waals surface area contributed by atoms with Crippen LogP contribution in [0.4, 0.5) is 9.59 Å². The molecule has 2 aliphatic rings. The Morgan fingerprint density at radius 1 is 0.603 bits per heavy atom. The van der Waals surface area contributed by atoms with Gasteiger partial charge in [0.15, 0.2) is 0 Å². The van der Waals surface area contributed by atoms with Gasteiger partial charge in [-0.15, -0.1) is 0 Å². The van der Waals surface area contributed by atoms with Crippen LogP contribution < -0.4 is 40.5 Å². The van der Waals surface area contributed by atoms with Gasteiger partial charge in [-0.1, -0.05) is 24.3 Å². The molecule has 0 saturated carbocycles. The first-order valence-corrected chi connectivity index (χ1v) is 22.3. The second-order valence-electron chi connectivity index (χ2n) is 17.6. The zero-order valence-electron chi connectivity index (χ0n) is 39.4. The monoisotopic (exact) mass is 942 g/mol. The summed E-state index contributed by atoms with van der Waals surface area (Å²) in [6.07, 6.45) is -1.15. The van der Waals surface area contributed by atoms with Gasteiger partial charge in [0.2, 0.25) is 0 Å². The van der Waals surface area contributed by atoms with Crippen molar-refractivity contribution in [3.05, 3.63) is 96.1 Å². The van der Waals surface area contributed by atoms with Crippen LogP contribution in [-0.2, 0) is 33.1 Å². The van der Waals surface area contributed by atoms with E-state index in [1.54, 1.807) is 100 Å². The second kappa shape index (κ2) is 24.5. The van der Waals surface area contributed by atoms with Gasteiger partial charge < -0.3 is 68.3 Å². The van der Waals surface area contributed by atoms with E-state index in [9.17, 15) is 29.2 Å². The number of hydrogen-bond donors (Lipinski definition) is 5. The minimum absolute atomic E-state index is 0.0325. The number of ether oxygens (including phenoxy) is 7. The van der Waals surface area contributed by atoms with Gasteiger partial charge in [-0.3, -0.25) is 9.59 Å². The van der Waals surface area contributed by atoms with Crippen LogP contribution >= 0.6 is 0 Å². The Kier molecular flexibility index (Phi) is 18.9. The van der Waals surface area contributed by atoms with Crippen molar-refractivity contribution in [1.82, 2.24) is 10.6 Å². The van der Waals surface area contributed by atoms with Crippen molar-refractivity contribution in [3.8, 4) is 34.5 Å². The van der Waals surface area contributed by atoms with Gasteiger partial charge in [-0.2, -0.15) is 0 Å². The third-order valence-electron chi connectivity index (χ3n) is 9.54. The number of fused-ring (bicyclic) bond motifs is 2. The van der Waals surface area contributed by atoms with Crippen LogP contribution in [0, 0.1) is 0 Å². The maximum atomic E-state index is 11.8. The summed E-state index contributed by atoms with van der Waals surface area (Å²) < 4.78 is 49.5. The summed E-state index contributed by atoms with van der Waals surface area (Å²) in [5.74, 6) is 1.94. The molecule has 0 fully saturated rings. The number of nitrogens with one attached hydrogen (secondary N) is 2. The Hall–Kier alpha value is -6.47. The molecule has 0 radical (unpaired) electrons. The minimum atomic E-state index is -1.20. The number of rotatable bonds is 19.